The molecule has 12 heavy (non-hydrogen) atoms. The fourth-order valence-electron chi connectivity index (χ4n) is 1.68. The predicted octanol–water partition coefficient (Wildman–Crippen LogP) is 0.298. The molecule has 0 N–H and O–H groups in total. The van der Waals surface area contributed by atoms with Gasteiger partial charge in [-0.1, -0.05) is 0 Å². The molecule has 2 heterocycles. The van der Waals surface area contributed by atoms with E-state index in [0.717, 1.165) is 26.1 Å². The first-order chi connectivity index (χ1) is 5.86. The highest BCUT2D eigenvalue weighted by atomic mass is 16.5. The van der Waals surface area contributed by atoms with Crippen molar-refractivity contribution in [3.05, 3.63) is 0 Å². The molecule has 0 aromatic carbocycles. The number of ether oxygens (including phenoxy) is 1. The minimum atomic E-state index is 0.200. The van der Waals surface area contributed by atoms with Crippen LogP contribution in [0.15, 0.2) is 0 Å². The molecule has 2 rings (SSSR count). The van der Waals surface area contributed by atoms with Crippen molar-refractivity contribution in [3.8, 4) is 0 Å². The van der Waals surface area contributed by atoms with Gasteiger partial charge in [-0.15, -0.1) is 0 Å². The van der Waals surface area contributed by atoms with Gasteiger partial charge in [-0.25, -0.2) is 0 Å². The van der Waals surface area contributed by atoms with Gasteiger partial charge in [0.1, 0.15) is 0 Å². The number of hydrogen-bond donors (Lipinski definition) is 0. The molecule has 0 bridgehead atoms. The Morgan fingerprint density at radius 1 is 1.50 bits per heavy atom. The Kier molecular flexibility index (Phi) is 2.42. The van der Waals surface area contributed by atoms with Crippen LogP contribution in [0.2, 0.25) is 0 Å². The number of rotatable bonds is 3. The third kappa shape index (κ3) is 1.67. The molecule has 2 aliphatic rings. The number of Topliss-reactive ketones (excluding diaryl/α,β-unsaturated/α-hetero) is 1. The first-order valence-electron chi connectivity index (χ1n) is 4.69. The van der Waals surface area contributed by atoms with Crippen molar-refractivity contribution in [3.63, 3.8) is 0 Å². The highest BCUT2D eigenvalue weighted by Crippen LogP contribution is 2.15. The van der Waals surface area contributed by atoms with Crippen molar-refractivity contribution >= 4 is 5.78 Å². The summed E-state index contributed by atoms with van der Waals surface area (Å²) in [4.78, 5) is 13.7. The van der Waals surface area contributed by atoms with Crippen molar-refractivity contribution in [1.82, 2.24) is 4.90 Å². The fraction of sp³-hybridized carbons (Fsp3) is 0.889. The van der Waals surface area contributed by atoms with E-state index < -0.39 is 0 Å². The highest BCUT2D eigenvalue weighted by Gasteiger charge is 2.26. The van der Waals surface area contributed by atoms with E-state index in [0.29, 0.717) is 18.9 Å². The average Bonchev–Trinajstić information content (AvgIpc) is 2.47. The molecule has 1 unspecified atom stereocenters. The van der Waals surface area contributed by atoms with E-state index in [2.05, 4.69) is 4.90 Å². The molecule has 3 nitrogen and oxygen atoms in total. The number of ketones is 1. The molecule has 68 valence electrons. The Hall–Kier alpha value is -0.410. The summed E-state index contributed by atoms with van der Waals surface area (Å²) in [5.74, 6) is 0.581. The van der Waals surface area contributed by atoms with E-state index in [1.54, 1.807) is 0 Å². The van der Waals surface area contributed by atoms with Crippen molar-refractivity contribution in [2.45, 2.75) is 12.8 Å². The summed E-state index contributed by atoms with van der Waals surface area (Å²) in [5.41, 5.74) is 0. The van der Waals surface area contributed by atoms with Gasteiger partial charge in [0, 0.05) is 12.5 Å². The van der Waals surface area contributed by atoms with Crippen LogP contribution in [0, 0.1) is 5.92 Å². The van der Waals surface area contributed by atoms with Crippen LogP contribution in [0.1, 0.15) is 12.8 Å². The van der Waals surface area contributed by atoms with Gasteiger partial charge in [0.2, 0.25) is 0 Å². The number of likely N-dealkylation sites (tertiary alicyclic amines) is 1. The predicted molar refractivity (Wildman–Crippen MR) is 45.0 cm³/mol. The Morgan fingerprint density at radius 3 is 2.83 bits per heavy atom. The van der Waals surface area contributed by atoms with Gasteiger partial charge in [0.05, 0.1) is 13.2 Å². The van der Waals surface area contributed by atoms with Crippen LogP contribution >= 0.6 is 0 Å². The Balaban J connectivity index is 1.74. The van der Waals surface area contributed by atoms with Crippen molar-refractivity contribution in [2.24, 2.45) is 5.92 Å². The van der Waals surface area contributed by atoms with Crippen LogP contribution in [0.5, 0.6) is 0 Å². The van der Waals surface area contributed by atoms with Crippen LogP contribution in [0.3, 0.4) is 0 Å². The lowest BCUT2D eigenvalue weighted by Gasteiger charge is -2.30. The minimum Gasteiger partial charge on any atom is -0.381 e. The van der Waals surface area contributed by atoms with E-state index in [-0.39, 0.29) is 5.92 Å². The maximum atomic E-state index is 11.5. The third-order valence-corrected chi connectivity index (χ3v) is 2.71. The molecule has 0 amide bonds. The molecule has 2 aliphatic heterocycles. The monoisotopic (exact) mass is 169 g/mol. The summed E-state index contributed by atoms with van der Waals surface area (Å²) in [5, 5.41) is 0. The maximum Gasteiger partial charge on any atom is 0.152 e. The standard InChI is InChI=1S/C9H15NO2/c11-9(6-10-3-1-4-10)8-2-5-12-7-8/h8H,1-7H2. The zero-order valence-corrected chi connectivity index (χ0v) is 7.29. The normalized spacial score (nSPS) is 30.2. The smallest absolute Gasteiger partial charge is 0.152 e. The van der Waals surface area contributed by atoms with E-state index >= 15 is 0 Å². The topological polar surface area (TPSA) is 29.5 Å². The molecule has 0 saturated carbocycles. The molecule has 3 heteroatoms. The van der Waals surface area contributed by atoms with E-state index in [1.165, 1.54) is 6.42 Å². The second kappa shape index (κ2) is 3.54. The van der Waals surface area contributed by atoms with Gasteiger partial charge < -0.3 is 4.74 Å². The quantitative estimate of drug-likeness (QED) is 0.608. The molecule has 2 fully saturated rings. The number of hydrogen-bond acceptors (Lipinski definition) is 3. The lowest BCUT2D eigenvalue weighted by molar-refractivity contribution is -0.124. The minimum absolute atomic E-state index is 0.200. The third-order valence-electron chi connectivity index (χ3n) is 2.71. The van der Waals surface area contributed by atoms with Gasteiger partial charge in [-0.05, 0) is 25.9 Å². The molecule has 0 aromatic rings. The largest absolute Gasteiger partial charge is 0.381 e. The second-order valence-corrected chi connectivity index (χ2v) is 3.66. The van der Waals surface area contributed by atoms with Crippen molar-refractivity contribution in [2.75, 3.05) is 32.8 Å². The van der Waals surface area contributed by atoms with E-state index in [9.17, 15) is 4.79 Å². The molecule has 1 atom stereocenters. The van der Waals surface area contributed by atoms with Crippen molar-refractivity contribution < 1.29 is 9.53 Å². The van der Waals surface area contributed by atoms with E-state index in [4.69, 9.17) is 4.74 Å². The summed E-state index contributed by atoms with van der Waals surface area (Å²) >= 11 is 0. The lowest BCUT2D eigenvalue weighted by atomic mass is 10.0. The Morgan fingerprint density at radius 2 is 2.33 bits per heavy atom. The molecule has 0 aromatic heterocycles. The Labute approximate surface area is 72.7 Å². The van der Waals surface area contributed by atoms with Crippen LogP contribution in [0.4, 0.5) is 0 Å². The fourth-order valence-corrected chi connectivity index (χ4v) is 1.68. The van der Waals surface area contributed by atoms with Gasteiger partial charge in [0.15, 0.2) is 5.78 Å². The maximum absolute atomic E-state index is 11.5. The summed E-state index contributed by atoms with van der Waals surface area (Å²) in [6.45, 7) is 4.32. The Bertz CT molecular complexity index is 171. The van der Waals surface area contributed by atoms with Crippen LogP contribution in [-0.4, -0.2) is 43.5 Å². The van der Waals surface area contributed by atoms with E-state index in [1.807, 2.05) is 0 Å². The van der Waals surface area contributed by atoms with Gasteiger partial charge >= 0.3 is 0 Å². The molecular weight excluding hydrogens is 154 g/mol. The molecule has 0 spiro atoms. The van der Waals surface area contributed by atoms with Gasteiger partial charge in [-0.2, -0.15) is 0 Å². The number of carbonyl (C=O) groups excluding carboxylic acids is 1. The summed E-state index contributed by atoms with van der Waals surface area (Å²) in [6, 6.07) is 0. The molecular formula is C9H15NO2. The zero-order valence-electron chi connectivity index (χ0n) is 7.29. The number of nitrogens with zero attached hydrogens (tertiary/aromatic N) is 1. The second-order valence-electron chi connectivity index (χ2n) is 3.66. The average molecular weight is 169 g/mol. The lowest BCUT2D eigenvalue weighted by Crippen LogP contribution is -2.42. The summed E-state index contributed by atoms with van der Waals surface area (Å²) in [7, 11) is 0. The molecule has 2 saturated heterocycles. The summed E-state index contributed by atoms with van der Waals surface area (Å²) in [6.07, 6.45) is 2.20. The zero-order chi connectivity index (χ0) is 8.39. The van der Waals surface area contributed by atoms with Crippen LogP contribution < -0.4 is 0 Å². The van der Waals surface area contributed by atoms with Gasteiger partial charge in [-0.3, -0.25) is 9.69 Å². The first-order valence-corrected chi connectivity index (χ1v) is 4.69. The van der Waals surface area contributed by atoms with Gasteiger partial charge in [0.25, 0.3) is 0 Å². The van der Waals surface area contributed by atoms with Crippen molar-refractivity contribution in [1.29, 1.82) is 0 Å². The highest BCUT2D eigenvalue weighted by molar-refractivity contribution is 5.83. The summed E-state index contributed by atoms with van der Waals surface area (Å²) < 4.78 is 5.17. The van der Waals surface area contributed by atoms with Crippen LogP contribution in [0.25, 0.3) is 0 Å². The SMILES string of the molecule is O=C(CN1CCC1)C1CCOC1. The number of carbonyl (C=O) groups is 1. The molecule has 0 aliphatic carbocycles. The molecule has 0 radical (unpaired) electrons. The van der Waals surface area contributed by atoms with Crippen LogP contribution in [-0.2, 0) is 9.53 Å². The first kappa shape index (κ1) is 8.20.